The molecule has 4 rings (SSSR count). The van der Waals surface area contributed by atoms with Crippen molar-refractivity contribution < 1.29 is 24.2 Å². The molecule has 204 valence electrons. The third-order valence-electron chi connectivity index (χ3n) is 7.13. The number of ether oxygens (including phenoxy) is 1. The van der Waals surface area contributed by atoms with E-state index in [0.29, 0.717) is 5.69 Å². The van der Waals surface area contributed by atoms with Crippen LogP contribution in [0.5, 0.6) is 0 Å². The lowest BCUT2D eigenvalue weighted by Gasteiger charge is -2.26. The number of fused-ring (bicyclic) bond motifs is 3. The summed E-state index contributed by atoms with van der Waals surface area (Å²) in [5.41, 5.74) is 5.85. The summed E-state index contributed by atoms with van der Waals surface area (Å²) in [6, 6.07) is 21.4. The molecule has 39 heavy (non-hydrogen) atoms. The summed E-state index contributed by atoms with van der Waals surface area (Å²) in [5, 5.41) is 14.6. The highest BCUT2D eigenvalue weighted by Gasteiger charge is 2.31. The van der Waals surface area contributed by atoms with Crippen LogP contribution in [0.4, 0.5) is 10.5 Å². The van der Waals surface area contributed by atoms with Gasteiger partial charge < -0.3 is 25.4 Å². The fraction of sp³-hybridized carbons (Fsp3) is 0.323. The van der Waals surface area contributed by atoms with Crippen LogP contribution in [0.2, 0.25) is 0 Å². The van der Waals surface area contributed by atoms with Crippen LogP contribution < -0.4 is 15.5 Å². The second-order valence-electron chi connectivity index (χ2n) is 10.1. The summed E-state index contributed by atoms with van der Waals surface area (Å²) in [6.45, 7) is 5.28. The molecule has 0 aliphatic heterocycles. The zero-order valence-corrected chi connectivity index (χ0v) is 22.7. The molecule has 0 fully saturated rings. The number of aliphatic hydroxyl groups is 1. The van der Waals surface area contributed by atoms with E-state index < -0.39 is 24.1 Å². The summed E-state index contributed by atoms with van der Waals surface area (Å²) < 4.78 is 5.61. The smallest absolute Gasteiger partial charge is 0.407 e. The van der Waals surface area contributed by atoms with Gasteiger partial charge >= 0.3 is 6.09 Å². The zero-order valence-electron chi connectivity index (χ0n) is 22.7. The van der Waals surface area contributed by atoms with E-state index in [4.69, 9.17) is 4.74 Å². The first kappa shape index (κ1) is 27.9. The number of rotatable bonds is 9. The van der Waals surface area contributed by atoms with Gasteiger partial charge in [-0.25, -0.2) is 4.79 Å². The van der Waals surface area contributed by atoms with E-state index in [2.05, 4.69) is 22.8 Å². The van der Waals surface area contributed by atoms with Crippen molar-refractivity contribution in [1.82, 2.24) is 10.6 Å². The monoisotopic (exact) mass is 529 g/mol. The molecule has 3 aromatic rings. The molecule has 0 bridgehead atoms. The number of amides is 3. The van der Waals surface area contributed by atoms with Gasteiger partial charge in [0.15, 0.2) is 0 Å². The van der Waals surface area contributed by atoms with Crippen molar-refractivity contribution in [3.63, 3.8) is 0 Å². The Morgan fingerprint density at radius 1 is 0.872 bits per heavy atom. The first-order chi connectivity index (χ1) is 18.7. The molecule has 2 atom stereocenters. The first-order valence-electron chi connectivity index (χ1n) is 13.1. The Morgan fingerprint density at radius 2 is 1.44 bits per heavy atom. The average molecular weight is 530 g/mol. The fourth-order valence-electron chi connectivity index (χ4n) is 4.91. The fourth-order valence-corrected chi connectivity index (χ4v) is 4.91. The zero-order chi connectivity index (χ0) is 28.1. The predicted molar refractivity (Wildman–Crippen MR) is 150 cm³/mol. The van der Waals surface area contributed by atoms with Crippen LogP contribution in [-0.2, 0) is 20.9 Å². The normalized spacial score (nSPS) is 13.7. The van der Waals surface area contributed by atoms with E-state index in [9.17, 15) is 19.5 Å². The van der Waals surface area contributed by atoms with E-state index in [1.54, 1.807) is 38.2 Å². The number of nitrogens with zero attached hydrogens (tertiary/aromatic N) is 1. The number of anilines is 1. The molecule has 1 aliphatic carbocycles. The van der Waals surface area contributed by atoms with E-state index in [1.165, 1.54) is 4.90 Å². The SMILES string of the molecule is CC(C)[C@H](NC(=O)OCC1c2ccccc2-c2ccccc21)C(=O)N[C@@H](C)C(=O)N(C)c1ccc(CO)cc1. The van der Waals surface area contributed by atoms with E-state index in [-0.39, 0.29) is 31.0 Å². The number of hydrogen-bond donors (Lipinski definition) is 3. The lowest BCUT2D eigenvalue weighted by molar-refractivity contribution is -0.129. The Balaban J connectivity index is 1.35. The highest BCUT2D eigenvalue weighted by atomic mass is 16.5. The second-order valence-corrected chi connectivity index (χ2v) is 10.1. The van der Waals surface area contributed by atoms with Gasteiger partial charge in [0.25, 0.3) is 0 Å². The van der Waals surface area contributed by atoms with E-state index in [1.807, 2.05) is 50.2 Å². The number of hydrogen-bond acceptors (Lipinski definition) is 5. The molecule has 0 aromatic heterocycles. The molecular weight excluding hydrogens is 494 g/mol. The summed E-state index contributed by atoms with van der Waals surface area (Å²) in [6.07, 6.45) is -0.689. The minimum absolute atomic E-state index is 0.0856. The van der Waals surface area contributed by atoms with Crippen LogP contribution in [0, 0.1) is 5.92 Å². The van der Waals surface area contributed by atoms with Crippen molar-refractivity contribution in [2.24, 2.45) is 5.92 Å². The van der Waals surface area contributed by atoms with Gasteiger partial charge in [0.05, 0.1) is 6.61 Å². The minimum Gasteiger partial charge on any atom is -0.449 e. The average Bonchev–Trinajstić information content (AvgIpc) is 3.27. The second kappa shape index (κ2) is 12.1. The van der Waals surface area contributed by atoms with Crippen molar-refractivity contribution in [3.05, 3.63) is 89.5 Å². The Bertz CT molecular complexity index is 1290. The van der Waals surface area contributed by atoms with Gasteiger partial charge in [-0.2, -0.15) is 0 Å². The molecule has 0 spiro atoms. The Labute approximate surface area is 229 Å². The lowest BCUT2D eigenvalue weighted by Crippen LogP contribution is -2.54. The standard InChI is InChI=1S/C31H35N3O5/c1-19(2)28(29(36)32-20(3)30(37)34(4)22-15-13-21(17-35)14-16-22)33-31(38)39-18-27-25-11-7-5-9-23(25)24-10-6-8-12-26(24)27/h5-16,19-20,27-28,35H,17-18H2,1-4H3,(H,32,36)(H,33,38)/t20-,28-/m0/s1. The lowest BCUT2D eigenvalue weighted by atomic mass is 9.98. The first-order valence-corrected chi connectivity index (χ1v) is 13.1. The van der Waals surface area contributed by atoms with Crippen LogP contribution in [-0.4, -0.2) is 48.8 Å². The number of carbonyl (C=O) groups excluding carboxylic acids is 3. The van der Waals surface area contributed by atoms with Crippen LogP contribution in [0.1, 0.15) is 43.4 Å². The minimum atomic E-state index is -0.884. The van der Waals surface area contributed by atoms with Crippen LogP contribution in [0.3, 0.4) is 0 Å². The number of carbonyl (C=O) groups is 3. The van der Waals surface area contributed by atoms with Crippen molar-refractivity contribution in [2.45, 2.75) is 45.4 Å². The molecule has 3 amide bonds. The Kier molecular flexibility index (Phi) is 8.66. The number of benzene rings is 3. The quantitative estimate of drug-likeness (QED) is 0.385. The predicted octanol–water partition coefficient (Wildman–Crippen LogP) is 4.21. The molecule has 0 saturated heterocycles. The maximum atomic E-state index is 13.1. The summed E-state index contributed by atoms with van der Waals surface area (Å²) >= 11 is 0. The maximum Gasteiger partial charge on any atom is 0.407 e. The molecule has 3 aromatic carbocycles. The molecule has 0 radical (unpaired) electrons. The van der Waals surface area contributed by atoms with E-state index >= 15 is 0 Å². The third kappa shape index (κ3) is 6.12. The summed E-state index contributed by atoms with van der Waals surface area (Å²) in [7, 11) is 1.62. The molecule has 8 heteroatoms. The number of nitrogens with one attached hydrogen (secondary N) is 2. The van der Waals surface area contributed by atoms with Crippen molar-refractivity contribution >= 4 is 23.6 Å². The molecule has 1 aliphatic rings. The Morgan fingerprint density at radius 3 is 1.97 bits per heavy atom. The number of aliphatic hydroxyl groups excluding tert-OH is 1. The largest absolute Gasteiger partial charge is 0.449 e. The van der Waals surface area contributed by atoms with Crippen LogP contribution in [0.15, 0.2) is 72.8 Å². The van der Waals surface area contributed by atoms with Crippen LogP contribution in [0.25, 0.3) is 11.1 Å². The van der Waals surface area contributed by atoms with Crippen LogP contribution >= 0.6 is 0 Å². The van der Waals surface area contributed by atoms with E-state index in [0.717, 1.165) is 27.8 Å². The van der Waals surface area contributed by atoms with Crippen molar-refractivity contribution in [3.8, 4) is 11.1 Å². The molecule has 0 heterocycles. The summed E-state index contributed by atoms with van der Waals surface area (Å²) in [4.78, 5) is 40.3. The topological polar surface area (TPSA) is 108 Å². The Hall–Kier alpha value is -4.17. The van der Waals surface area contributed by atoms with Gasteiger partial charge in [0, 0.05) is 18.7 Å². The van der Waals surface area contributed by atoms with Gasteiger partial charge in [-0.05, 0) is 52.8 Å². The molecule has 0 unspecified atom stereocenters. The highest BCUT2D eigenvalue weighted by molar-refractivity contribution is 5.99. The molecule has 0 saturated carbocycles. The van der Waals surface area contributed by atoms with Gasteiger partial charge in [0.1, 0.15) is 18.7 Å². The number of likely N-dealkylation sites (N-methyl/N-ethyl adjacent to an activating group) is 1. The van der Waals surface area contributed by atoms with Gasteiger partial charge in [-0.15, -0.1) is 0 Å². The number of alkyl carbamates (subject to hydrolysis) is 1. The molecule has 8 nitrogen and oxygen atoms in total. The highest BCUT2D eigenvalue weighted by Crippen LogP contribution is 2.44. The van der Waals surface area contributed by atoms with Gasteiger partial charge in [0.2, 0.25) is 11.8 Å². The molecular formula is C31H35N3O5. The summed E-state index contributed by atoms with van der Waals surface area (Å²) in [5.74, 6) is -1.11. The molecule has 3 N–H and O–H groups in total. The van der Waals surface area contributed by atoms with Gasteiger partial charge in [-0.1, -0.05) is 74.5 Å². The maximum absolute atomic E-state index is 13.1. The van der Waals surface area contributed by atoms with Crippen molar-refractivity contribution in [2.75, 3.05) is 18.6 Å². The van der Waals surface area contributed by atoms with Gasteiger partial charge in [-0.3, -0.25) is 9.59 Å². The third-order valence-corrected chi connectivity index (χ3v) is 7.13. The van der Waals surface area contributed by atoms with Crippen molar-refractivity contribution in [1.29, 1.82) is 0 Å².